The zero-order valence-corrected chi connectivity index (χ0v) is 17.5. The van der Waals surface area contributed by atoms with Crippen LogP contribution in [0.1, 0.15) is 11.1 Å². The number of para-hydroxylation sites is 1. The van der Waals surface area contributed by atoms with Crippen LogP contribution in [0.2, 0.25) is 0 Å². The molecule has 4 aromatic rings. The summed E-state index contributed by atoms with van der Waals surface area (Å²) in [5.41, 5.74) is 3.66. The first-order valence-electron chi connectivity index (χ1n) is 9.60. The first-order valence-corrected chi connectivity index (χ1v) is 10.6. The molecule has 1 amide bonds. The Morgan fingerprint density at radius 2 is 1.94 bits per heavy atom. The van der Waals surface area contributed by atoms with Gasteiger partial charge in [-0.3, -0.25) is 4.79 Å². The Balaban J connectivity index is 1.35. The van der Waals surface area contributed by atoms with Gasteiger partial charge in [-0.1, -0.05) is 47.7 Å². The number of carboxylic acid groups (broad SMARTS) is 1. The Hall–Kier alpha value is -3.59. The lowest BCUT2D eigenvalue weighted by molar-refractivity contribution is -0.141. The highest BCUT2D eigenvalue weighted by Gasteiger charge is 2.22. The molecule has 9 heteroatoms. The van der Waals surface area contributed by atoms with Crippen molar-refractivity contribution in [3.63, 3.8) is 0 Å². The number of nitrogens with one attached hydrogen (secondary N) is 2. The SMILES string of the molecule is Cc1ccc(-c2nnc(SCC(=O)N[C@H](Cc3c[nH]c4ccccc34)C(=O)O)o2)cc1. The van der Waals surface area contributed by atoms with Gasteiger partial charge in [0.15, 0.2) is 0 Å². The van der Waals surface area contributed by atoms with E-state index in [1.165, 1.54) is 0 Å². The normalized spacial score (nSPS) is 12.0. The summed E-state index contributed by atoms with van der Waals surface area (Å²) in [4.78, 5) is 27.1. The number of aromatic amines is 1. The first kappa shape index (κ1) is 20.7. The number of thioether (sulfide) groups is 1. The van der Waals surface area contributed by atoms with E-state index in [-0.39, 0.29) is 17.4 Å². The highest BCUT2D eigenvalue weighted by Crippen LogP contribution is 2.23. The number of aromatic nitrogens is 3. The van der Waals surface area contributed by atoms with Gasteiger partial charge in [-0.2, -0.15) is 0 Å². The highest BCUT2D eigenvalue weighted by atomic mass is 32.2. The van der Waals surface area contributed by atoms with Gasteiger partial charge in [0.1, 0.15) is 6.04 Å². The van der Waals surface area contributed by atoms with E-state index >= 15 is 0 Å². The maximum absolute atomic E-state index is 12.3. The van der Waals surface area contributed by atoms with Crippen LogP contribution >= 0.6 is 11.8 Å². The molecule has 0 unspecified atom stereocenters. The third-order valence-electron chi connectivity index (χ3n) is 4.76. The zero-order valence-electron chi connectivity index (χ0n) is 16.7. The molecule has 8 nitrogen and oxygen atoms in total. The summed E-state index contributed by atoms with van der Waals surface area (Å²) in [6.07, 6.45) is 1.94. The Kier molecular flexibility index (Phi) is 6.03. The fourth-order valence-electron chi connectivity index (χ4n) is 3.16. The molecule has 0 saturated carbocycles. The van der Waals surface area contributed by atoms with Crippen molar-refractivity contribution in [2.24, 2.45) is 0 Å². The van der Waals surface area contributed by atoms with E-state index in [9.17, 15) is 14.7 Å². The van der Waals surface area contributed by atoms with Crippen LogP contribution in [0.4, 0.5) is 0 Å². The van der Waals surface area contributed by atoms with Gasteiger partial charge in [0.05, 0.1) is 5.75 Å². The second kappa shape index (κ2) is 9.05. The Morgan fingerprint density at radius 3 is 2.71 bits per heavy atom. The number of benzene rings is 2. The number of carbonyl (C=O) groups is 2. The third-order valence-corrected chi connectivity index (χ3v) is 5.58. The summed E-state index contributed by atoms with van der Waals surface area (Å²) in [7, 11) is 0. The molecule has 4 rings (SSSR count). The summed E-state index contributed by atoms with van der Waals surface area (Å²) in [5, 5.41) is 21.2. The summed E-state index contributed by atoms with van der Waals surface area (Å²) in [6, 6.07) is 14.2. The van der Waals surface area contributed by atoms with Crippen LogP contribution in [-0.4, -0.2) is 44.0 Å². The number of aryl methyl sites for hydroxylation is 1. The van der Waals surface area contributed by atoms with Gasteiger partial charge in [-0.05, 0) is 30.7 Å². The minimum absolute atomic E-state index is 0.0345. The summed E-state index contributed by atoms with van der Waals surface area (Å²) >= 11 is 1.06. The molecule has 158 valence electrons. The number of fused-ring (bicyclic) bond motifs is 1. The zero-order chi connectivity index (χ0) is 21.8. The summed E-state index contributed by atoms with van der Waals surface area (Å²) in [5.74, 6) is -1.19. The molecule has 0 saturated heterocycles. The second-order valence-corrected chi connectivity index (χ2v) is 7.98. The number of aliphatic carboxylic acids is 1. The number of amides is 1. The predicted octanol–water partition coefficient (Wildman–Crippen LogP) is 3.43. The van der Waals surface area contributed by atoms with Gasteiger partial charge >= 0.3 is 5.97 Å². The Bertz CT molecular complexity index is 1220. The predicted molar refractivity (Wildman–Crippen MR) is 117 cm³/mol. The topological polar surface area (TPSA) is 121 Å². The molecule has 0 aliphatic rings. The third kappa shape index (κ3) is 4.95. The summed E-state index contributed by atoms with van der Waals surface area (Å²) < 4.78 is 5.59. The molecule has 0 aliphatic heterocycles. The number of rotatable bonds is 8. The van der Waals surface area contributed by atoms with Gasteiger partial charge in [0.25, 0.3) is 5.22 Å². The molecule has 3 N–H and O–H groups in total. The van der Waals surface area contributed by atoms with Gasteiger partial charge in [-0.15, -0.1) is 10.2 Å². The maximum Gasteiger partial charge on any atom is 0.326 e. The van der Waals surface area contributed by atoms with Crippen molar-refractivity contribution in [2.45, 2.75) is 24.6 Å². The monoisotopic (exact) mass is 436 g/mol. The molecule has 2 heterocycles. The van der Waals surface area contributed by atoms with E-state index in [0.717, 1.165) is 39.4 Å². The maximum atomic E-state index is 12.3. The number of carboxylic acids is 1. The minimum atomic E-state index is -1.09. The van der Waals surface area contributed by atoms with Crippen LogP contribution in [0.3, 0.4) is 0 Å². The van der Waals surface area contributed by atoms with E-state index in [0.29, 0.717) is 5.89 Å². The van der Waals surface area contributed by atoms with Crippen molar-refractivity contribution in [2.75, 3.05) is 5.75 Å². The fraction of sp³-hybridized carbons (Fsp3) is 0.182. The van der Waals surface area contributed by atoms with Crippen molar-refractivity contribution < 1.29 is 19.1 Å². The largest absolute Gasteiger partial charge is 0.480 e. The van der Waals surface area contributed by atoms with Crippen molar-refractivity contribution in [3.05, 3.63) is 65.9 Å². The lowest BCUT2D eigenvalue weighted by atomic mass is 10.1. The molecule has 0 aliphatic carbocycles. The van der Waals surface area contributed by atoms with Crippen molar-refractivity contribution in [1.82, 2.24) is 20.5 Å². The van der Waals surface area contributed by atoms with E-state index < -0.39 is 17.9 Å². The van der Waals surface area contributed by atoms with Crippen molar-refractivity contribution in [3.8, 4) is 11.5 Å². The lowest BCUT2D eigenvalue weighted by Gasteiger charge is -2.13. The molecule has 0 spiro atoms. The van der Waals surface area contributed by atoms with Crippen LogP contribution in [0.15, 0.2) is 64.4 Å². The van der Waals surface area contributed by atoms with Crippen molar-refractivity contribution >= 4 is 34.5 Å². The minimum Gasteiger partial charge on any atom is -0.480 e. The van der Waals surface area contributed by atoms with E-state index in [4.69, 9.17) is 4.42 Å². The van der Waals surface area contributed by atoms with Crippen LogP contribution in [0.25, 0.3) is 22.4 Å². The average molecular weight is 436 g/mol. The molecular weight excluding hydrogens is 416 g/mol. The van der Waals surface area contributed by atoms with Gasteiger partial charge in [0, 0.05) is 29.1 Å². The Morgan fingerprint density at radius 1 is 1.16 bits per heavy atom. The second-order valence-electron chi connectivity index (χ2n) is 7.05. The summed E-state index contributed by atoms with van der Waals surface area (Å²) in [6.45, 7) is 1.99. The quantitative estimate of drug-likeness (QED) is 0.362. The highest BCUT2D eigenvalue weighted by molar-refractivity contribution is 7.99. The van der Waals surface area contributed by atoms with E-state index in [1.807, 2.05) is 55.5 Å². The fourth-order valence-corrected chi connectivity index (χ4v) is 3.74. The molecule has 31 heavy (non-hydrogen) atoms. The number of H-pyrrole nitrogens is 1. The van der Waals surface area contributed by atoms with Gasteiger partial charge in [-0.25, -0.2) is 4.79 Å². The lowest BCUT2D eigenvalue weighted by Crippen LogP contribution is -2.43. The van der Waals surface area contributed by atoms with Gasteiger partial charge in [0.2, 0.25) is 11.8 Å². The molecule has 2 aromatic heterocycles. The Labute approximate surface area is 182 Å². The van der Waals surface area contributed by atoms with E-state index in [1.54, 1.807) is 6.20 Å². The molecule has 1 atom stereocenters. The van der Waals surface area contributed by atoms with Gasteiger partial charge < -0.3 is 19.8 Å². The number of hydrogen-bond acceptors (Lipinski definition) is 6. The molecule has 0 bridgehead atoms. The average Bonchev–Trinajstić information content (AvgIpc) is 3.40. The molecule has 0 fully saturated rings. The molecular formula is C22H20N4O4S. The number of hydrogen-bond donors (Lipinski definition) is 3. The first-order chi connectivity index (χ1) is 15.0. The van der Waals surface area contributed by atoms with Crippen LogP contribution in [0.5, 0.6) is 0 Å². The van der Waals surface area contributed by atoms with Crippen LogP contribution < -0.4 is 5.32 Å². The van der Waals surface area contributed by atoms with Crippen LogP contribution in [-0.2, 0) is 16.0 Å². The van der Waals surface area contributed by atoms with Crippen molar-refractivity contribution in [1.29, 1.82) is 0 Å². The smallest absolute Gasteiger partial charge is 0.326 e. The number of carbonyl (C=O) groups excluding carboxylic acids is 1. The molecule has 0 radical (unpaired) electrons. The van der Waals surface area contributed by atoms with Crippen LogP contribution in [0, 0.1) is 6.92 Å². The molecule has 2 aromatic carbocycles. The van der Waals surface area contributed by atoms with E-state index in [2.05, 4.69) is 20.5 Å². The number of nitrogens with zero attached hydrogens (tertiary/aromatic N) is 2. The standard InChI is InChI=1S/C22H20N4O4S/c1-13-6-8-14(9-7-13)20-25-26-22(30-20)31-12-19(27)24-18(21(28)29)10-15-11-23-17-5-3-2-4-16(15)17/h2-9,11,18,23H,10,12H2,1H3,(H,24,27)(H,28,29)/t18-/m1/s1.